The molecule has 19 heavy (non-hydrogen) atoms. The van der Waals surface area contributed by atoms with Gasteiger partial charge < -0.3 is 15.5 Å². The van der Waals surface area contributed by atoms with Crippen LogP contribution in [-0.2, 0) is 24.0 Å². The second kappa shape index (κ2) is 7.57. The highest BCUT2D eigenvalue weighted by atomic mass is 32.2. The summed E-state index contributed by atoms with van der Waals surface area (Å²) < 4.78 is 11.0. The molecule has 0 fully saturated rings. The van der Waals surface area contributed by atoms with Crippen molar-refractivity contribution in [3.8, 4) is 5.75 Å². The average Bonchev–Trinajstić information content (AvgIpc) is 2.38. The van der Waals surface area contributed by atoms with Crippen molar-refractivity contribution in [2.24, 2.45) is 0 Å². The van der Waals surface area contributed by atoms with Crippen LogP contribution < -0.4 is 5.32 Å². The highest BCUT2D eigenvalue weighted by Gasteiger charge is 2.12. The molecule has 3 N–H and O–H groups in total. The molecule has 0 radical (unpaired) electrons. The maximum Gasteiger partial charge on any atom is 0.141 e. The van der Waals surface area contributed by atoms with Crippen molar-refractivity contribution in [1.29, 1.82) is 0 Å². The fraction of sp³-hybridized carbons (Fsp3) is 0.615. The summed E-state index contributed by atoms with van der Waals surface area (Å²) in [6.45, 7) is 4.05. The summed E-state index contributed by atoms with van der Waals surface area (Å²) in [5.41, 5.74) is 1.86. The Morgan fingerprint density at radius 1 is 1.53 bits per heavy atom. The lowest BCUT2D eigenvalue weighted by Gasteiger charge is -2.16. The van der Waals surface area contributed by atoms with E-state index in [2.05, 4.69) is 10.3 Å². The quantitative estimate of drug-likeness (QED) is 0.692. The Bertz CT molecular complexity index is 452. The number of aliphatic hydroxyl groups excluding tert-OH is 1. The second-order valence-electron chi connectivity index (χ2n) is 4.70. The monoisotopic (exact) mass is 286 g/mol. The Balaban J connectivity index is 2.66. The SMILES string of the molecule is Cc1ncc(CO)c(CNC(C)CCS(C)=O)c1O. The van der Waals surface area contributed by atoms with E-state index in [1.807, 2.05) is 6.92 Å². The molecule has 0 spiro atoms. The highest BCUT2D eigenvalue weighted by Crippen LogP contribution is 2.23. The number of nitrogens with one attached hydrogen (secondary N) is 1. The van der Waals surface area contributed by atoms with Crippen LogP contribution in [0.1, 0.15) is 30.2 Å². The van der Waals surface area contributed by atoms with Crippen LogP contribution in [0.25, 0.3) is 0 Å². The number of aromatic nitrogens is 1. The Labute approximate surface area is 116 Å². The maximum absolute atomic E-state index is 11.0. The fourth-order valence-electron chi connectivity index (χ4n) is 1.74. The normalized spacial score (nSPS) is 14.3. The minimum atomic E-state index is -0.788. The number of nitrogens with zero attached hydrogens (tertiary/aromatic N) is 1. The molecule has 1 heterocycles. The van der Waals surface area contributed by atoms with Gasteiger partial charge in [-0.3, -0.25) is 9.19 Å². The van der Waals surface area contributed by atoms with E-state index in [4.69, 9.17) is 0 Å². The molecule has 0 amide bonds. The first-order valence-electron chi connectivity index (χ1n) is 6.26. The third-order valence-corrected chi connectivity index (χ3v) is 3.88. The summed E-state index contributed by atoms with van der Waals surface area (Å²) >= 11 is 0. The number of aliphatic hydroxyl groups is 1. The average molecular weight is 286 g/mol. The zero-order valence-electron chi connectivity index (χ0n) is 11.6. The zero-order valence-corrected chi connectivity index (χ0v) is 12.5. The number of aryl methyl sites for hydroxylation is 1. The summed E-state index contributed by atoms with van der Waals surface area (Å²) in [5.74, 6) is 0.785. The number of aromatic hydroxyl groups is 1. The van der Waals surface area contributed by atoms with E-state index in [0.29, 0.717) is 29.1 Å². The van der Waals surface area contributed by atoms with Gasteiger partial charge in [0, 0.05) is 52.7 Å². The summed E-state index contributed by atoms with van der Waals surface area (Å²) in [4.78, 5) is 4.02. The molecule has 2 atom stereocenters. The van der Waals surface area contributed by atoms with Gasteiger partial charge in [0.1, 0.15) is 5.75 Å². The van der Waals surface area contributed by atoms with Gasteiger partial charge in [-0.25, -0.2) is 0 Å². The van der Waals surface area contributed by atoms with Gasteiger partial charge in [0.2, 0.25) is 0 Å². The van der Waals surface area contributed by atoms with Gasteiger partial charge in [0.25, 0.3) is 0 Å². The molecule has 2 unspecified atom stereocenters. The molecule has 5 nitrogen and oxygen atoms in total. The largest absolute Gasteiger partial charge is 0.506 e. The molecular formula is C13H22N2O3S. The molecule has 1 rings (SSSR count). The molecule has 0 saturated heterocycles. The van der Waals surface area contributed by atoms with Crippen LogP contribution in [-0.4, -0.2) is 37.5 Å². The van der Waals surface area contributed by atoms with Crippen LogP contribution in [0.3, 0.4) is 0 Å². The smallest absolute Gasteiger partial charge is 0.141 e. The van der Waals surface area contributed by atoms with E-state index in [1.54, 1.807) is 19.4 Å². The van der Waals surface area contributed by atoms with Gasteiger partial charge in [-0.15, -0.1) is 0 Å². The summed E-state index contributed by atoms with van der Waals surface area (Å²) in [5, 5.41) is 22.5. The summed E-state index contributed by atoms with van der Waals surface area (Å²) in [6.07, 6.45) is 4.08. The maximum atomic E-state index is 11.0. The Morgan fingerprint density at radius 3 is 2.79 bits per heavy atom. The van der Waals surface area contributed by atoms with E-state index in [1.165, 1.54) is 0 Å². The van der Waals surface area contributed by atoms with E-state index in [9.17, 15) is 14.4 Å². The third-order valence-electron chi connectivity index (χ3n) is 3.07. The molecule has 0 bridgehead atoms. The zero-order chi connectivity index (χ0) is 14.4. The lowest BCUT2D eigenvalue weighted by atomic mass is 10.1. The van der Waals surface area contributed by atoms with Crippen molar-refractivity contribution in [2.45, 2.75) is 39.5 Å². The van der Waals surface area contributed by atoms with Crippen molar-refractivity contribution in [1.82, 2.24) is 10.3 Å². The number of hydrogen-bond acceptors (Lipinski definition) is 5. The summed E-state index contributed by atoms with van der Waals surface area (Å²) in [6, 6.07) is 0.198. The van der Waals surface area contributed by atoms with E-state index in [0.717, 1.165) is 6.42 Å². The van der Waals surface area contributed by atoms with Crippen LogP contribution in [0, 0.1) is 6.92 Å². The van der Waals surface area contributed by atoms with Gasteiger partial charge in [-0.1, -0.05) is 0 Å². The molecular weight excluding hydrogens is 264 g/mol. The van der Waals surface area contributed by atoms with Gasteiger partial charge in [-0.05, 0) is 20.3 Å². The van der Waals surface area contributed by atoms with Crippen LogP contribution >= 0.6 is 0 Å². The van der Waals surface area contributed by atoms with Crippen molar-refractivity contribution >= 4 is 10.8 Å². The van der Waals surface area contributed by atoms with Crippen LogP contribution in [0.2, 0.25) is 0 Å². The van der Waals surface area contributed by atoms with Gasteiger partial charge >= 0.3 is 0 Å². The second-order valence-corrected chi connectivity index (χ2v) is 6.26. The molecule has 0 aliphatic rings. The standard InChI is InChI=1S/C13H22N2O3S/c1-9(4-5-19(3)18)14-7-12-11(8-16)6-15-10(2)13(12)17/h6,9,14,16-17H,4-5,7-8H2,1-3H3. The molecule has 0 aliphatic heterocycles. The molecule has 0 aliphatic carbocycles. The molecule has 0 aromatic carbocycles. The lowest BCUT2D eigenvalue weighted by molar-refractivity contribution is 0.278. The lowest BCUT2D eigenvalue weighted by Crippen LogP contribution is -2.27. The third kappa shape index (κ3) is 4.89. The van der Waals surface area contributed by atoms with Crippen molar-refractivity contribution < 1.29 is 14.4 Å². The van der Waals surface area contributed by atoms with Gasteiger partial charge in [0.15, 0.2) is 0 Å². The predicted molar refractivity (Wildman–Crippen MR) is 76.4 cm³/mol. The minimum Gasteiger partial charge on any atom is -0.506 e. The van der Waals surface area contributed by atoms with Gasteiger partial charge in [0.05, 0.1) is 12.3 Å². The molecule has 6 heteroatoms. The predicted octanol–water partition coefficient (Wildman–Crippen LogP) is 0.835. The Kier molecular flexibility index (Phi) is 6.41. The van der Waals surface area contributed by atoms with E-state index >= 15 is 0 Å². The number of hydrogen-bond donors (Lipinski definition) is 3. The van der Waals surface area contributed by atoms with Crippen molar-refractivity contribution in [3.05, 3.63) is 23.0 Å². The molecule has 0 saturated carbocycles. The fourth-order valence-corrected chi connectivity index (χ4v) is 2.42. The van der Waals surface area contributed by atoms with Crippen molar-refractivity contribution in [3.63, 3.8) is 0 Å². The first-order valence-corrected chi connectivity index (χ1v) is 7.99. The first-order chi connectivity index (χ1) is 8.95. The van der Waals surface area contributed by atoms with Crippen LogP contribution in [0.15, 0.2) is 6.20 Å². The Hall–Kier alpha value is -0.980. The first kappa shape index (κ1) is 16.1. The number of rotatable bonds is 7. The minimum absolute atomic E-state index is 0.130. The highest BCUT2D eigenvalue weighted by molar-refractivity contribution is 7.84. The van der Waals surface area contributed by atoms with E-state index in [-0.39, 0.29) is 18.4 Å². The van der Waals surface area contributed by atoms with Crippen LogP contribution in [0.5, 0.6) is 5.75 Å². The van der Waals surface area contributed by atoms with Crippen molar-refractivity contribution in [2.75, 3.05) is 12.0 Å². The van der Waals surface area contributed by atoms with Crippen LogP contribution in [0.4, 0.5) is 0 Å². The van der Waals surface area contributed by atoms with E-state index < -0.39 is 10.8 Å². The number of pyridine rings is 1. The molecule has 1 aromatic heterocycles. The molecule has 108 valence electrons. The molecule has 1 aromatic rings. The summed E-state index contributed by atoms with van der Waals surface area (Å²) in [7, 11) is -0.788. The van der Waals surface area contributed by atoms with Gasteiger partial charge in [-0.2, -0.15) is 0 Å². The topological polar surface area (TPSA) is 82.5 Å². The Morgan fingerprint density at radius 2 is 2.21 bits per heavy atom.